The summed E-state index contributed by atoms with van der Waals surface area (Å²) in [6, 6.07) is 7.04. The number of fused-ring (bicyclic) bond motifs is 1. The zero-order valence-electron chi connectivity index (χ0n) is 15.6. The fraction of sp³-hybridized carbons (Fsp3) is 0.389. The molecule has 1 aromatic carbocycles. The van der Waals surface area contributed by atoms with Gasteiger partial charge in [0.1, 0.15) is 11.9 Å². The minimum absolute atomic E-state index is 0.00685. The van der Waals surface area contributed by atoms with Gasteiger partial charge in [0.2, 0.25) is 5.95 Å². The number of ether oxygens (including phenoxy) is 2. The molecule has 3 aromatic rings. The molecule has 3 heterocycles. The number of rotatable bonds is 5. The van der Waals surface area contributed by atoms with Crippen LogP contribution < -0.4 is 21.7 Å². The Bertz CT molecular complexity index is 1150. The first-order chi connectivity index (χ1) is 13.9. The van der Waals surface area contributed by atoms with Crippen molar-refractivity contribution in [2.45, 2.75) is 31.4 Å². The quantitative estimate of drug-likeness (QED) is 0.430. The van der Waals surface area contributed by atoms with E-state index in [1.165, 1.54) is 4.57 Å². The number of aliphatic hydroxyl groups excluding tert-OH is 2. The Balaban J connectivity index is 1.87. The first kappa shape index (κ1) is 19.2. The van der Waals surface area contributed by atoms with Crippen molar-refractivity contribution in [1.29, 1.82) is 0 Å². The van der Waals surface area contributed by atoms with E-state index in [-0.39, 0.29) is 36.7 Å². The minimum atomic E-state index is -1.09. The highest BCUT2D eigenvalue weighted by molar-refractivity contribution is 5.72. The largest absolute Gasteiger partial charge is 0.497 e. The van der Waals surface area contributed by atoms with Crippen LogP contribution in [0.5, 0.6) is 5.75 Å². The Hall–Kier alpha value is -3.15. The van der Waals surface area contributed by atoms with Crippen LogP contribution in [0.3, 0.4) is 0 Å². The number of aliphatic hydroxyl groups is 2. The summed E-state index contributed by atoms with van der Waals surface area (Å²) >= 11 is 0. The number of methoxy groups -OCH3 is 1. The van der Waals surface area contributed by atoms with Crippen LogP contribution in [0.4, 0.5) is 5.95 Å². The van der Waals surface area contributed by atoms with E-state index in [2.05, 4.69) is 9.97 Å². The number of nitrogens with two attached hydrogens (primary N) is 1. The molecule has 0 radical (unpaired) electrons. The third-order valence-electron chi connectivity index (χ3n) is 4.95. The molecule has 3 atom stereocenters. The Morgan fingerprint density at radius 3 is 2.69 bits per heavy atom. The number of aromatic amines is 1. The maximum atomic E-state index is 13.2. The second-order valence-corrected chi connectivity index (χ2v) is 6.84. The lowest BCUT2D eigenvalue weighted by Crippen LogP contribution is -2.32. The summed E-state index contributed by atoms with van der Waals surface area (Å²) in [5, 5.41) is 19.7. The maximum absolute atomic E-state index is 13.2. The van der Waals surface area contributed by atoms with E-state index in [4.69, 9.17) is 15.2 Å². The standard InChI is InChI=1S/C18H21N5O6/c1-28-10-4-2-9(3-5-10)7-22-13-14(20-17(19)21-15(13)26)23(18(22)27)16-12(25)6-11(8-24)29-16/h2-5,11-12,16,24-25H,6-8H2,1H3,(H3,19,20,21,26)/t11-,12+,16+/m0/s1. The van der Waals surface area contributed by atoms with Crippen molar-refractivity contribution >= 4 is 17.1 Å². The molecule has 0 saturated carbocycles. The van der Waals surface area contributed by atoms with Crippen LogP contribution in [0.2, 0.25) is 0 Å². The van der Waals surface area contributed by atoms with E-state index in [1.807, 2.05) is 0 Å². The predicted octanol–water partition coefficient (Wildman–Crippen LogP) is -0.834. The summed E-state index contributed by atoms with van der Waals surface area (Å²) in [6.07, 6.45) is -2.61. The van der Waals surface area contributed by atoms with Crippen LogP contribution in [0.25, 0.3) is 11.2 Å². The van der Waals surface area contributed by atoms with Gasteiger partial charge in [0.15, 0.2) is 17.4 Å². The molecule has 0 aliphatic carbocycles. The van der Waals surface area contributed by atoms with E-state index < -0.39 is 29.7 Å². The Morgan fingerprint density at radius 1 is 1.34 bits per heavy atom. The van der Waals surface area contributed by atoms with E-state index in [9.17, 15) is 19.8 Å². The number of hydrogen-bond donors (Lipinski definition) is 4. The molecule has 1 aliphatic rings. The first-order valence-corrected chi connectivity index (χ1v) is 9.00. The maximum Gasteiger partial charge on any atom is 0.333 e. The van der Waals surface area contributed by atoms with Gasteiger partial charge >= 0.3 is 5.69 Å². The van der Waals surface area contributed by atoms with Crippen LogP contribution in [-0.2, 0) is 11.3 Å². The van der Waals surface area contributed by atoms with Crippen LogP contribution in [0.1, 0.15) is 18.2 Å². The zero-order chi connectivity index (χ0) is 20.7. The summed E-state index contributed by atoms with van der Waals surface area (Å²) < 4.78 is 13.1. The zero-order valence-corrected chi connectivity index (χ0v) is 15.6. The molecule has 154 valence electrons. The van der Waals surface area contributed by atoms with Crippen LogP contribution >= 0.6 is 0 Å². The molecule has 11 heteroatoms. The highest BCUT2D eigenvalue weighted by atomic mass is 16.5. The number of nitrogens with zero attached hydrogens (tertiary/aromatic N) is 3. The molecule has 29 heavy (non-hydrogen) atoms. The number of H-pyrrole nitrogens is 1. The molecule has 0 bridgehead atoms. The lowest BCUT2D eigenvalue weighted by atomic mass is 10.2. The summed E-state index contributed by atoms with van der Waals surface area (Å²) in [6.45, 7) is -0.212. The minimum Gasteiger partial charge on any atom is -0.497 e. The van der Waals surface area contributed by atoms with Gasteiger partial charge in [-0.05, 0) is 17.7 Å². The number of hydrogen-bond acceptors (Lipinski definition) is 8. The van der Waals surface area contributed by atoms with Gasteiger partial charge in [0.05, 0.1) is 26.4 Å². The van der Waals surface area contributed by atoms with Gasteiger partial charge in [-0.2, -0.15) is 4.98 Å². The molecule has 1 saturated heterocycles. The Kier molecular flexibility index (Phi) is 4.86. The van der Waals surface area contributed by atoms with Gasteiger partial charge in [0.25, 0.3) is 5.56 Å². The molecular weight excluding hydrogens is 382 g/mol. The van der Waals surface area contributed by atoms with Gasteiger partial charge in [-0.15, -0.1) is 0 Å². The number of benzene rings is 1. The monoisotopic (exact) mass is 403 g/mol. The molecule has 4 rings (SSSR count). The lowest BCUT2D eigenvalue weighted by molar-refractivity contribution is -0.0505. The van der Waals surface area contributed by atoms with Gasteiger partial charge in [-0.1, -0.05) is 12.1 Å². The van der Waals surface area contributed by atoms with E-state index in [0.29, 0.717) is 5.75 Å². The number of nitrogens with one attached hydrogen (secondary N) is 1. The smallest absolute Gasteiger partial charge is 0.333 e. The highest BCUT2D eigenvalue weighted by Crippen LogP contribution is 2.29. The number of imidazole rings is 1. The van der Waals surface area contributed by atoms with Crippen LogP contribution in [-0.4, -0.2) is 55.2 Å². The van der Waals surface area contributed by atoms with E-state index in [0.717, 1.165) is 10.1 Å². The average Bonchev–Trinajstić information content (AvgIpc) is 3.19. The summed E-state index contributed by atoms with van der Waals surface area (Å²) in [4.78, 5) is 32.3. The third-order valence-corrected chi connectivity index (χ3v) is 4.95. The van der Waals surface area contributed by atoms with Crippen LogP contribution in [0, 0.1) is 0 Å². The molecule has 0 unspecified atom stereocenters. The molecule has 0 amide bonds. The summed E-state index contributed by atoms with van der Waals surface area (Å²) in [5.41, 5.74) is 5.29. The third kappa shape index (κ3) is 3.28. The van der Waals surface area contributed by atoms with Gasteiger partial charge in [0, 0.05) is 6.42 Å². The van der Waals surface area contributed by atoms with Crippen molar-refractivity contribution in [3.8, 4) is 5.75 Å². The van der Waals surface area contributed by atoms with Gasteiger partial charge in [-0.25, -0.2) is 9.36 Å². The van der Waals surface area contributed by atoms with Crippen molar-refractivity contribution < 1.29 is 19.7 Å². The SMILES string of the molecule is COc1ccc(Cn2c(=O)n([C@@H]3O[C@H](CO)C[C@H]3O)c3nc(N)[nH]c(=O)c32)cc1. The average molecular weight is 403 g/mol. The Labute approximate surface area is 163 Å². The number of nitrogen functional groups attached to an aromatic ring is 1. The lowest BCUT2D eigenvalue weighted by Gasteiger charge is -2.15. The van der Waals surface area contributed by atoms with Crippen molar-refractivity contribution in [2.24, 2.45) is 0 Å². The number of aromatic nitrogens is 4. The first-order valence-electron chi connectivity index (χ1n) is 9.00. The normalized spacial score (nSPS) is 21.7. The summed E-state index contributed by atoms with van der Waals surface area (Å²) in [5.74, 6) is 0.498. The predicted molar refractivity (Wildman–Crippen MR) is 103 cm³/mol. The van der Waals surface area contributed by atoms with Crippen LogP contribution in [0.15, 0.2) is 33.9 Å². The molecule has 1 aliphatic heterocycles. The van der Waals surface area contributed by atoms with E-state index in [1.54, 1.807) is 31.4 Å². The van der Waals surface area contributed by atoms with Crippen molar-refractivity contribution in [3.05, 3.63) is 50.7 Å². The second-order valence-electron chi connectivity index (χ2n) is 6.84. The fourth-order valence-electron chi connectivity index (χ4n) is 3.57. The molecule has 5 N–H and O–H groups in total. The van der Waals surface area contributed by atoms with Gasteiger partial charge < -0.3 is 25.4 Å². The molecule has 2 aromatic heterocycles. The van der Waals surface area contributed by atoms with Gasteiger partial charge in [-0.3, -0.25) is 14.3 Å². The van der Waals surface area contributed by atoms with Crippen molar-refractivity contribution in [2.75, 3.05) is 19.5 Å². The summed E-state index contributed by atoms with van der Waals surface area (Å²) in [7, 11) is 1.55. The fourth-order valence-corrected chi connectivity index (χ4v) is 3.57. The van der Waals surface area contributed by atoms with Crippen molar-refractivity contribution in [3.63, 3.8) is 0 Å². The highest BCUT2D eigenvalue weighted by Gasteiger charge is 2.38. The Morgan fingerprint density at radius 2 is 2.07 bits per heavy atom. The van der Waals surface area contributed by atoms with E-state index >= 15 is 0 Å². The van der Waals surface area contributed by atoms with Crippen molar-refractivity contribution in [1.82, 2.24) is 19.1 Å². The molecule has 1 fully saturated rings. The molecule has 11 nitrogen and oxygen atoms in total. The molecule has 0 spiro atoms. The topological polar surface area (TPSA) is 158 Å². The number of anilines is 1. The second kappa shape index (κ2) is 7.35. The molecular formula is C18H21N5O6.